The molecule has 1 rings (SSSR count). The van der Waals surface area contributed by atoms with Crippen LogP contribution in [0.2, 0.25) is 0 Å². The number of hydrogen-bond acceptors (Lipinski definition) is 5. The van der Waals surface area contributed by atoms with E-state index in [0.717, 1.165) is 6.54 Å². The minimum Gasteiger partial charge on any atom is -0.395 e. The topological polar surface area (TPSA) is 85.7 Å². The van der Waals surface area contributed by atoms with Crippen LogP contribution in [0.4, 0.5) is 5.82 Å². The van der Waals surface area contributed by atoms with Crippen LogP contribution >= 0.6 is 0 Å². The normalized spacial score (nSPS) is 10.2. The van der Waals surface area contributed by atoms with Crippen LogP contribution in [0.15, 0.2) is 18.3 Å². The van der Waals surface area contributed by atoms with Crippen molar-refractivity contribution in [2.75, 3.05) is 38.2 Å². The Hall–Kier alpha value is -1.66. The van der Waals surface area contributed by atoms with E-state index in [4.69, 9.17) is 10.2 Å². The van der Waals surface area contributed by atoms with Gasteiger partial charge in [0.1, 0.15) is 5.82 Å². The van der Waals surface area contributed by atoms with Crippen molar-refractivity contribution < 1.29 is 15.0 Å². The maximum Gasteiger partial charge on any atom is 0.255 e. The van der Waals surface area contributed by atoms with Crippen molar-refractivity contribution in [2.45, 2.75) is 6.92 Å². The van der Waals surface area contributed by atoms with Gasteiger partial charge >= 0.3 is 0 Å². The highest BCUT2D eigenvalue weighted by molar-refractivity contribution is 5.94. The summed E-state index contributed by atoms with van der Waals surface area (Å²) in [7, 11) is 0. The smallest absolute Gasteiger partial charge is 0.255 e. The largest absolute Gasteiger partial charge is 0.395 e. The summed E-state index contributed by atoms with van der Waals surface area (Å²) in [4.78, 5) is 17.5. The lowest BCUT2D eigenvalue weighted by atomic mass is 10.2. The number of rotatable bonds is 7. The molecular weight excluding hydrogens is 234 g/mol. The maximum atomic E-state index is 12.0. The van der Waals surface area contributed by atoms with Crippen LogP contribution in [0.25, 0.3) is 0 Å². The lowest BCUT2D eigenvalue weighted by Gasteiger charge is -2.20. The van der Waals surface area contributed by atoms with Gasteiger partial charge in [0.25, 0.3) is 5.91 Å². The molecule has 6 nitrogen and oxygen atoms in total. The molecule has 0 spiro atoms. The van der Waals surface area contributed by atoms with Gasteiger partial charge in [-0.2, -0.15) is 0 Å². The van der Waals surface area contributed by atoms with Gasteiger partial charge in [-0.15, -0.1) is 0 Å². The predicted octanol–water partition coefficient (Wildman–Crippen LogP) is -0.0598. The van der Waals surface area contributed by atoms with Crippen LogP contribution in [0, 0.1) is 0 Å². The fourth-order valence-corrected chi connectivity index (χ4v) is 1.54. The lowest BCUT2D eigenvalue weighted by molar-refractivity contribution is 0.0684. The Bertz CT molecular complexity index is 361. The number of nitrogens with one attached hydrogen (secondary N) is 1. The number of pyridine rings is 1. The quantitative estimate of drug-likeness (QED) is 0.634. The number of amides is 1. The molecule has 0 unspecified atom stereocenters. The van der Waals surface area contributed by atoms with Gasteiger partial charge in [0.05, 0.1) is 18.8 Å². The molecule has 0 aliphatic heterocycles. The highest BCUT2D eigenvalue weighted by Gasteiger charge is 2.14. The minimum absolute atomic E-state index is 0.130. The van der Waals surface area contributed by atoms with E-state index in [2.05, 4.69) is 10.3 Å². The standard InChI is InChI=1S/C12H19N3O3/c1-2-13-11-4-3-10(9-14-11)12(18)15(5-7-16)6-8-17/h3-4,9,16-17H,2,5-8H2,1H3,(H,13,14). The zero-order chi connectivity index (χ0) is 13.4. The SMILES string of the molecule is CCNc1ccc(C(=O)N(CCO)CCO)cn1. The Morgan fingerprint density at radius 1 is 1.33 bits per heavy atom. The van der Waals surface area contributed by atoms with Crippen molar-refractivity contribution in [3.63, 3.8) is 0 Å². The Kier molecular flexibility index (Phi) is 6.10. The summed E-state index contributed by atoms with van der Waals surface area (Å²) in [6, 6.07) is 3.40. The maximum absolute atomic E-state index is 12.0. The molecule has 0 aromatic carbocycles. The summed E-state index contributed by atoms with van der Waals surface area (Å²) in [6.07, 6.45) is 1.49. The second-order valence-electron chi connectivity index (χ2n) is 3.70. The summed E-state index contributed by atoms with van der Waals surface area (Å²) < 4.78 is 0. The first-order valence-electron chi connectivity index (χ1n) is 5.93. The average Bonchev–Trinajstić information content (AvgIpc) is 2.39. The summed E-state index contributed by atoms with van der Waals surface area (Å²) in [5.74, 6) is 0.471. The van der Waals surface area contributed by atoms with Gasteiger partial charge in [-0.05, 0) is 19.1 Å². The summed E-state index contributed by atoms with van der Waals surface area (Å²) in [6.45, 7) is 2.87. The van der Waals surface area contributed by atoms with E-state index >= 15 is 0 Å². The second kappa shape index (κ2) is 7.62. The van der Waals surface area contributed by atoms with Gasteiger partial charge in [-0.3, -0.25) is 4.79 Å². The molecular formula is C12H19N3O3. The molecule has 100 valence electrons. The second-order valence-corrected chi connectivity index (χ2v) is 3.70. The van der Waals surface area contributed by atoms with Crippen LogP contribution < -0.4 is 5.32 Å². The molecule has 0 aliphatic carbocycles. The molecule has 0 saturated heterocycles. The first kappa shape index (κ1) is 14.4. The monoisotopic (exact) mass is 253 g/mol. The third kappa shape index (κ3) is 3.97. The van der Waals surface area contributed by atoms with E-state index in [1.807, 2.05) is 6.92 Å². The molecule has 0 saturated carbocycles. The van der Waals surface area contributed by atoms with E-state index in [1.54, 1.807) is 12.1 Å². The molecule has 1 aromatic heterocycles. The van der Waals surface area contributed by atoms with Crippen molar-refractivity contribution in [3.05, 3.63) is 23.9 Å². The molecule has 0 fully saturated rings. The number of carbonyl (C=O) groups is 1. The number of anilines is 1. The van der Waals surface area contributed by atoms with Crippen molar-refractivity contribution >= 4 is 11.7 Å². The van der Waals surface area contributed by atoms with Crippen molar-refractivity contribution in [2.24, 2.45) is 0 Å². The van der Waals surface area contributed by atoms with Gasteiger partial charge in [0.15, 0.2) is 0 Å². The predicted molar refractivity (Wildman–Crippen MR) is 68.5 cm³/mol. The summed E-state index contributed by atoms with van der Waals surface area (Å²) >= 11 is 0. The van der Waals surface area contributed by atoms with E-state index < -0.39 is 0 Å². The van der Waals surface area contributed by atoms with Crippen molar-refractivity contribution in [3.8, 4) is 0 Å². The van der Waals surface area contributed by atoms with Crippen LogP contribution in [0.1, 0.15) is 17.3 Å². The lowest BCUT2D eigenvalue weighted by Crippen LogP contribution is -2.35. The number of nitrogens with zero attached hydrogens (tertiary/aromatic N) is 2. The average molecular weight is 253 g/mol. The van der Waals surface area contributed by atoms with Gasteiger partial charge < -0.3 is 20.4 Å². The molecule has 1 aromatic rings. The molecule has 1 heterocycles. The third-order valence-electron chi connectivity index (χ3n) is 2.40. The van der Waals surface area contributed by atoms with Crippen LogP contribution in [0.5, 0.6) is 0 Å². The highest BCUT2D eigenvalue weighted by Crippen LogP contribution is 2.07. The van der Waals surface area contributed by atoms with Crippen LogP contribution in [-0.2, 0) is 0 Å². The Morgan fingerprint density at radius 2 is 2.00 bits per heavy atom. The van der Waals surface area contributed by atoms with Crippen molar-refractivity contribution in [1.29, 1.82) is 0 Å². The summed E-state index contributed by atoms with van der Waals surface area (Å²) in [5, 5.41) is 20.8. The van der Waals surface area contributed by atoms with Crippen LogP contribution in [0.3, 0.4) is 0 Å². The van der Waals surface area contributed by atoms with Gasteiger partial charge in [-0.25, -0.2) is 4.98 Å². The third-order valence-corrected chi connectivity index (χ3v) is 2.40. The Morgan fingerprint density at radius 3 is 2.44 bits per heavy atom. The van der Waals surface area contributed by atoms with Crippen LogP contribution in [-0.4, -0.2) is 58.9 Å². The van der Waals surface area contributed by atoms with Gasteiger partial charge in [0.2, 0.25) is 0 Å². The molecule has 0 aliphatic rings. The number of aliphatic hydroxyl groups is 2. The zero-order valence-corrected chi connectivity index (χ0v) is 10.5. The first-order valence-corrected chi connectivity index (χ1v) is 5.93. The first-order chi connectivity index (χ1) is 8.72. The molecule has 18 heavy (non-hydrogen) atoms. The summed E-state index contributed by atoms with van der Waals surface area (Å²) in [5.41, 5.74) is 0.443. The molecule has 0 bridgehead atoms. The Labute approximate surface area is 106 Å². The van der Waals surface area contributed by atoms with E-state index in [1.165, 1.54) is 11.1 Å². The minimum atomic E-state index is -0.242. The van der Waals surface area contributed by atoms with Gasteiger partial charge in [-0.1, -0.05) is 0 Å². The van der Waals surface area contributed by atoms with E-state index in [0.29, 0.717) is 11.4 Å². The molecule has 0 atom stereocenters. The molecule has 1 amide bonds. The number of carbonyl (C=O) groups excluding carboxylic acids is 1. The molecule has 3 N–H and O–H groups in total. The van der Waals surface area contributed by atoms with Crippen molar-refractivity contribution in [1.82, 2.24) is 9.88 Å². The fraction of sp³-hybridized carbons (Fsp3) is 0.500. The van der Waals surface area contributed by atoms with E-state index in [9.17, 15) is 4.79 Å². The van der Waals surface area contributed by atoms with Gasteiger partial charge in [0, 0.05) is 25.8 Å². The Balaban J connectivity index is 2.74. The van der Waals surface area contributed by atoms with E-state index in [-0.39, 0.29) is 32.2 Å². The number of aliphatic hydroxyl groups excluding tert-OH is 2. The highest BCUT2D eigenvalue weighted by atomic mass is 16.3. The molecule has 6 heteroatoms. The molecule has 0 radical (unpaired) electrons. The zero-order valence-electron chi connectivity index (χ0n) is 10.5. The number of aromatic nitrogens is 1. The number of hydrogen-bond donors (Lipinski definition) is 3. The fourth-order valence-electron chi connectivity index (χ4n) is 1.54.